The maximum Gasteiger partial charge on any atom is 0.310 e. The van der Waals surface area contributed by atoms with Crippen LogP contribution >= 0.6 is 0 Å². The first-order valence-electron chi connectivity index (χ1n) is 5.56. The van der Waals surface area contributed by atoms with Crippen LogP contribution in [0, 0.1) is 5.92 Å². The van der Waals surface area contributed by atoms with Crippen LogP contribution in [0.25, 0.3) is 0 Å². The van der Waals surface area contributed by atoms with E-state index in [0.717, 1.165) is 0 Å². The zero-order chi connectivity index (χ0) is 12.9. The van der Waals surface area contributed by atoms with Crippen LogP contribution in [0.2, 0.25) is 0 Å². The monoisotopic (exact) mass is 265 g/mol. The lowest BCUT2D eigenvalue weighted by atomic mass is 10.1. The minimum Gasteiger partial charge on any atom is -0.469 e. The van der Waals surface area contributed by atoms with Gasteiger partial charge in [-0.2, -0.15) is 0 Å². The van der Waals surface area contributed by atoms with Crippen LogP contribution in [0.1, 0.15) is 12.8 Å². The van der Waals surface area contributed by atoms with Gasteiger partial charge in [0.2, 0.25) is 10.0 Å². The van der Waals surface area contributed by atoms with Gasteiger partial charge in [0.1, 0.15) is 0 Å². The van der Waals surface area contributed by atoms with Crippen molar-refractivity contribution in [3.05, 3.63) is 0 Å². The molecule has 1 heterocycles. The Morgan fingerprint density at radius 2 is 2.12 bits per heavy atom. The van der Waals surface area contributed by atoms with E-state index in [0.29, 0.717) is 26.0 Å². The quantitative estimate of drug-likeness (QED) is 0.493. The molecule has 7 heteroatoms. The van der Waals surface area contributed by atoms with E-state index in [2.05, 4.69) is 4.74 Å². The number of methoxy groups -OCH3 is 2. The summed E-state index contributed by atoms with van der Waals surface area (Å²) in [5.74, 6) is -0.592. The molecule has 1 saturated heterocycles. The molecule has 0 aliphatic carbocycles. The number of carbonyl (C=O) groups excluding carboxylic acids is 1. The van der Waals surface area contributed by atoms with Crippen LogP contribution in [0.15, 0.2) is 0 Å². The zero-order valence-corrected chi connectivity index (χ0v) is 11.0. The maximum atomic E-state index is 11.9. The Balaban J connectivity index is 2.49. The Bertz CT molecular complexity index is 354. The average Bonchev–Trinajstić information content (AvgIpc) is 2.78. The Morgan fingerprint density at radius 3 is 2.71 bits per heavy atom. The molecule has 0 spiro atoms. The van der Waals surface area contributed by atoms with Crippen LogP contribution in [-0.4, -0.2) is 58.4 Å². The van der Waals surface area contributed by atoms with Crippen LogP contribution in [0.5, 0.6) is 0 Å². The smallest absolute Gasteiger partial charge is 0.310 e. The second kappa shape index (κ2) is 6.32. The molecule has 1 aliphatic rings. The molecular weight excluding hydrogens is 246 g/mol. The Hall–Kier alpha value is -0.660. The first-order valence-corrected chi connectivity index (χ1v) is 7.16. The Labute approximate surface area is 102 Å². The van der Waals surface area contributed by atoms with Gasteiger partial charge in [0, 0.05) is 26.8 Å². The topological polar surface area (TPSA) is 72.9 Å². The predicted octanol–water partition coefficient (Wildman–Crippen LogP) is -0.152. The van der Waals surface area contributed by atoms with Crippen molar-refractivity contribution in [2.24, 2.45) is 5.92 Å². The van der Waals surface area contributed by atoms with Crippen LogP contribution in [-0.2, 0) is 24.3 Å². The lowest BCUT2D eigenvalue weighted by Gasteiger charge is -2.15. The van der Waals surface area contributed by atoms with Crippen molar-refractivity contribution in [2.45, 2.75) is 12.8 Å². The summed E-state index contributed by atoms with van der Waals surface area (Å²) in [6, 6.07) is 0. The summed E-state index contributed by atoms with van der Waals surface area (Å²) in [4.78, 5) is 11.3. The van der Waals surface area contributed by atoms with Gasteiger partial charge >= 0.3 is 5.97 Å². The van der Waals surface area contributed by atoms with Gasteiger partial charge in [-0.1, -0.05) is 0 Å². The second-order valence-electron chi connectivity index (χ2n) is 4.03. The van der Waals surface area contributed by atoms with Crippen LogP contribution in [0.4, 0.5) is 0 Å². The summed E-state index contributed by atoms with van der Waals surface area (Å²) in [7, 11) is -0.406. The summed E-state index contributed by atoms with van der Waals surface area (Å²) in [6.45, 7) is 1.06. The van der Waals surface area contributed by atoms with E-state index in [1.807, 2.05) is 0 Å². The zero-order valence-electron chi connectivity index (χ0n) is 10.2. The van der Waals surface area contributed by atoms with Crippen LogP contribution < -0.4 is 0 Å². The largest absolute Gasteiger partial charge is 0.469 e. The van der Waals surface area contributed by atoms with E-state index < -0.39 is 10.0 Å². The third-order valence-electron chi connectivity index (χ3n) is 2.83. The van der Waals surface area contributed by atoms with Gasteiger partial charge in [0.05, 0.1) is 18.8 Å². The first kappa shape index (κ1) is 14.4. The lowest BCUT2D eigenvalue weighted by Crippen LogP contribution is -2.32. The third-order valence-corrected chi connectivity index (χ3v) is 4.75. The number of sulfonamides is 1. The Kier molecular flexibility index (Phi) is 5.35. The summed E-state index contributed by atoms with van der Waals surface area (Å²) < 4.78 is 34.6. The maximum absolute atomic E-state index is 11.9. The van der Waals surface area contributed by atoms with E-state index >= 15 is 0 Å². The van der Waals surface area contributed by atoms with Crippen molar-refractivity contribution in [2.75, 3.05) is 39.7 Å². The van der Waals surface area contributed by atoms with E-state index in [1.165, 1.54) is 18.5 Å². The summed E-state index contributed by atoms with van der Waals surface area (Å²) in [6.07, 6.45) is 1.01. The van der Waals surface area contributed by atoms with E-state index in [1.54, 1.807) is 0 Å². The van der Waals surface area contributed by atoms with Gasteiger partial charge in [0.25, 0.3) is 0 Å². The summed E-state index contributed by atoms with van der Waals surface area (Å²) in [5.41, 5.74) is 0. The van der Waals surface area contributed by atoms with Crippen molar-refractivity contribution in [1.29, 1.82) is 0 Å². The molecule has 1 fully saturated rings. The fourth-order valence-corrected chi connectivity index (χ4v) is 3.39. The van der Waals surface area contributed by atoms with Gasteiger partial charge in [-0.15, -0.1) is 0 Å². The first-order chi connectivity index (χ1) is 8.01. The average molecular weight is 265 g/mol. The molecule has 0 N–H and O–H groups in total. The van der Waals surface area contributed by atoms with E-state index in [-0.39, 0.29) is 24.2 Å². The molecule has 6 nitrogen and oxygen atoms in total. The number of hydrogen-bond donors (Lipinski definition) is 0. The van der Waals surface area contributed by atoms with E-state index in [4.69, 9.17) is 4.74 Å². The van der Waals surface area contributed by atoms with E-state index in [9.17, 15) is 13.2 Å². The molecular formula is C10H19NO5S. The highest BCUT2D eigenvalue weighted by molar-refractivity contribution is 7.89. The SMILES string of the molecule is COCCCS(=O)(=O)N1CCC(C(=O)OC)C1. The summed E-state index contributed by atoms with van der Waals surface area (Å²) in [5, 5.41) is 0. The molecule has 1 rings (SSSR count). The molecule has 100 valence electrons. The van der Waals surface area contributed by atoms with Gasteiger partial charge in [-0.3, -0.25) is 4.79 Å². The molecule has 1 aliphatic heterocycles. The normalized spacial score (nSPS) is 21.6. The molecule has 17 heavy (non-hydrogen) atoms. The van der Waals surface area contributed by atoms with Gasteiger partial charge in [0.15, 0.2) is 0 Å². The van der Waals surface area contributed by atoms with Crippen molar-refractivity contribution in [3.8, 4) is 0 Å². The highest BCUT2D eigenvalue weighted by Gasteiger charge is 2.35. The molecule has 1 unspecified atom stereocenters. The van der Waals surface area contributed by atoms with Gasteiger partial charge in [-0.25, -0.2) is 12.7 Å². The molecule has 0 saturated carbocycles. The predicted molar refractivity (Wildman–Crippen MR) is 62.0 cm³/mol. The molecule has 0 radical (unpaired) electrons. The number of hydrogen-bond acceptors (Lipinski definition) is 5. The second-order valence-corrected chi connectivity index (χ2v) is 6.12. The highest BCUT2D eigenvalue weighted by atomic mass is 32.2. The molecule has 1 atom stereocenters. The minimum absolute atomic E-state index is 0.0642. The molecule has 0 aromatic rings. The number of ether oxygens (including phenoxy) is 2. The Morgan fingerprint density at radius 1 is 1.41 bits per heavy atom. The lowest BCUT2D eigenvalue weighted by molar-refractivity contribution is -0.144. The van der Waals surface area contributed by atoms with Gasteiger partial charge in [-0.05, 0) is 12.8 Å². The number of rotatable bonds is 6. The number of esters is 1. The van der Waals surface area contributed by atoms with Crippen LogP contribution in [0.3, 0.4) is 0 Å². The van der Waals surface area contributed by atoms with Crippen molar-refractivity contribution in [1.82, 2.24) is 4.31 Å². The molecule has 0 aromatic heterocycles. The van der Waals surface area contributed by atoms with Crippen molar-refractivity contribution < 1.29 is 22.7 Å². The summed E-state index contributed by atoms with van der Waals surface area (Å²) >= 11 is 0. The standard InChI is InChI=1S/C10H19NO5S/c1-15-6-3-7-17(13,14)11-5-4-9(8-11)10(12)16-2/h9H,3-8H2,1-2H3. The molecule has 0 bridgehead atoms. The molecule has 0 amide bonds. The van der Waals surface area contributed by atoms with Crippen molar-refractivity contribution >= 4 is 16.0 Å². The highest BCUT2D eigenvalue weighted by Crippen LogP contribution is 2.21. The minimum atomic E-state index is -3.26. The van der Waals surface area contributed by atoms with Gasteiger partial charge < -0.3 is 9.47 Å². The number of nitrogens with zero attached hydrogens (tertiary/aromatic N) is 1. The fourth-order valence-electron chi connectivity index (χ4n) is 1.85. The number of carbonyl (C=O) groups is 1. The third kappa shape index (κ3) is 3.93. The van der Waals surface area contributed by atoms with Crippen molar-refractivity contribution in [3.63, 3.8) is 0 Å². The molecule has 0 aromatic carbocycles. The fraction of sp³-hybridized carbons (Fsp3) is 0.900.